The molecule has 6 heteroatoms. The Kier molecular flexibility index (Phi) is 6.06. The molecule has 0 aliphatic carbocycles. The van der Waals surface area contributed by atoms with Gasteiger partial charge in [-0.3, -0.25) is 0 Å². The highest BCUT2D eigenvalue weighted by Gasteiger charge is 2.17. The van der Waals surface area contributed by atoms with E-state index >= 15 is 0 Å². The Morgan fingerprint density at radius 1 is 1.41 bits per heavy atom. The van der Waals surface area contributed by atoms with Gasteiger partial charge in [0.25, 0.3) is 0 Å². The number of benzene rings is 1. The molecule has 2 rings (SSSR count). The summed E-state index contributed by atoms with van der Waals surface area (Å²) in [6, 6.07) is 3.88. The number of thiazole rings is 1. The number of hydrogen-bond acceptors (Lipinski definition) is 5. The van der Waals surface area contributed by atoms with E-state index in [4.69, 9.17) is 26.8 Å². The van der Waals surface area contributed by atoms with Crippen molar-refractivity contribution in [1.82, 2.24) is 4.98 Å². The average Bonchev–Trinajstić information content (AvgIpc) is 2.91. The van der Waals surface area contributed by atoms with Gasteiger partial charge in [-0.05, 0) is 38.0 Å². The number of halogens is 1. The Morgan fingerprint density at radius 2 is 2.18 bits per heavy atom. The average molecular weight is 341 g/mol. The molecule has 0 fully saturated rings. The lowest BCUT2D eigenvalue weighted by Gasteiger charge is -2.16. The summed E-state index contributed by atoms with van der Waals surface area (Å²) in [5.74, 6) is 1.41. The van der Waals surface area contributed by atoms with Crippen molar-refractivity contribution in [2.24, 2.45) is 5.73 Å². The second-order valence-electron chi connectivity index (χ2n) is 5.01. The van der Waals surface area contributed by atoms with Crippen LogP contribution in [0.2, 0.25) is 5.02 Å². The fourth-order valence-electron chi connectivity index (χ4n) is 2.32. The van der Waals surface area contributed by atoms with Crippen LogP contribution < -0.4 is 15.2 Å². The van der Waals surface area contributed by atoms with Crippen molar-refractivity contribution in [1.29, 1.82) is 0 Å². The van der Waals surface area contributed by atoms with Gasteiger partial charge in [-0.2, -0.15) is 0 Å². The largest absolute Gasteiger partial charge is 0.491 e. The molecule has 0 bridgehead atoms. The Morgan fingerprint density at radius 3 is 2.73 bits per heavy atom. The smallest absolute Gasteiger partial charge is 0.179 e. The van der Waals surface area contributed by atoms with Gasteiger partial charge < -0.3 is 15.2 Å². The third-order valence-corrected chi connectivity index (χ3v) is 4.73. The molecule has 120 valence electrons. The first-order valence-corrected chi connectivity index (χ1v) is 8.46. The third-order valence-electron chi connectivity index (χ3n) is 3.33. The first-order valence-electron chi connectivity index (χ1n) is 7.20. The lowest BCUT2D eigenvalue weighted by Crippen LogP contribution is -2.15. The van der Waals surface area contributed by atoms with E-state index in [2.05, 4.69) is 4.98 Å². The monoisotopic (exact) mass is 340 g/mol. The zero-order chi connectivity index (χ0) is 16.1. The summed E-state index contributed by atoms with van der Waals surface area (Å²) in [4.78, 5) is 4.54. The van der Waals surface area contributed by atoms with E-state index < -0.39 is 0 Å². The minimum Gasteiger partial charge on any atom is -0.491 e. The molecule has 1 aromatic carbocycles. The summed E-state index contributed by atoms with van der Waals surface area (Å²) < 4.78 is 10.9. The van der Waals surface area contributed by atoms with Crippen LogP contribution in [0.4, 0.5) is 0 Å². The van der Waals surface area contributed by atoms with Crippen LogP contribution in [0.3, 0.4) is 0 Å². The first-order chi connectivity index (χ1) is 10.6. The van der Waals surface area contributed by atoms with E-state index in [1.807, 2.05) is 31.4 Å². The SMILES string of the molecule is CCOc1cc(CC(CN)c2nc(C)cs2)cc(Cl)c1OC. The van der Waals surface area contributed by atoms with E-state index in [0.717, 1.165) is 22.7 Å². The summed E-state index contributed by atoms with van der Waals surface area (Å²) in [6.07, 6.45) is 0.771. The normalized spacial score (nSPS) is 12.2. The molecule has 1 heterocycles. The number of nitrogens with zero attached hydrogens (tertiary/aromatic N) is 1. The van der Waals surface area contributed by atoms with Crippen LogP contribution in [-0.2, 0) is 6.42 Å². The predicted octanol–water partition coefficient (Wildman–Crippen LogP) is 3.80. The fraction of sp³-hybridized carbons (Fsp3) is 0.438. The number of nitrogens with two attached hydrogens (primary N) is 1. The number of hydrogen-bond donors (Lipinski definition) is 1. The maximum Gasteiger partial charge on any atom is 0.179 e. The zero-order valence-corrected chi connectivity index (χ0v) is 14.6. The summed E-state index contributed by atoms with van der Waals surface area (Å²) >= 11 is 7.95. The molecule has 0 saturated heterocycles. The molecule has 0 saturated carbocycles. The van der Waals surface area contributed by atoms with Crippen LogP contribution in [0.1, 0.15) is 29.1 Å². The Balaban J connectivity index is 2.27. The van der Waals surface area contributed by atoms with E-state index in [-0.39, 0.29) is 5.92 Å². The van der Waals surface area contributed by atoms with Gasteiger partial charge in [0.05, 0.1) is 23.7 Å². The van der Waals surface area contributed by atoms with Crippen molar-refractivity contribution < 1.29 is 9.47 Å². The summed E-state index contributed by atoms with van der Waals surface area (Å²) in [6.45, 7) is 5.02. The number of rotatable bonds is 7. The van der Waals surface area contributed by atoms with Crippen LogP contribution >= 0.6 is 22.9 Å². The van der Waals surface area contributed by atoms with Crippen molar-refractivity contribution in [3.63, 3.8) is 0 Å². The molecule has 22 heavy (non-hydrogen) atoms. The predicted molar refractivity (Wildman–Crippen MR) is 91.5 cm³/mol. The standard InChI is InChI=1S/C16H21ClN2O2S/c1-4-21-14-7-11(6-13(17)15(14)20-3)5-12(8-18)16-19-10(2)9-22-16/h6-7,9,12H,4-5,8,18H2,1-3H3. The van der Waals surface area contributed by atoms with Crippen LogP contribution in [-0.4, -0.2) is 25.2 Å². The summed E-state index contributed by atoms with van der Waals surface area (Å²) in [5.41, 5.74) is 8.03. The molecule has 0 spiro atoms. The van der Waals surface area contributed by atoms with Gasteiger partial charge in [-0.25, -0.2) is 4.98 Å². The van der Waals surface area contributed by atoms with Crippen molar-refractivity contribution in [3.8, 4) is 11.5 Å². The topological polar surface area (TPSA) is 57.4 Å². The molecule has 4 nitrogen and oxygen atoms in total. The summed E-state index contributed by atoms with van der Waals surface area (Å²) in [7, 11) is 1.59. The highest BCUT2D eigenvalue weighted by molar-refractivity contribution is 7.09. The molecule has 1 atom stereocenters. The van der Waals surface area contributed by atoms with Gasteiger partial charge in [0, 0.05) is 23.5 Å². The Labute approximate surface area is 140 Å². The first kappa shape index (κ1) is 17.1. The van der Waals surface area contributed by atoms with Crippen LogP contribution in [0.25, 0.3) is 0 Å². The van der Waals surface area contributed by atoms with Crippen LogP contribution in [0.5, 0.6) is 11.5 Å². The number of methoxy groups -OCH3 is 1. The van der Waals surface area contributed by atoms with Crippen molar-refractivity contribution in [2.45, 2.75) is 26.2 Å². The minimum atomic E-state index is 0.178. The molecule has 1 unspecified atom stereocenters. The second-order valence-corrected chi connectivity index (χ2v) is 6.30. The molecule has 0 aliphatic heterocycles. The highest BCUT2D eigenvalue weighted by Crippen LogP contribution is 2.37. The number of aromatic nitrogens is 1. The molecule has 0 amide bonds. The lowest BCUT2D eigenvalue weighted by molar-refractivity contribution is 0.310. The van der Waals surface area contributed by atoms with E-state index in [0.29, 0.717) is 29.7 Å². The number of aryl methyl sites for hydroxylation is 1. The van der Waals surface area contributed by atoms with Gasteiger partial charge in [0.2, 0.25) is 0 Å². The van der Waals surface area contributed by atoms with Crippen molar-refractivity contribution in [2.75, 3.05) is 20.3 Å². The molecule has 1 aromatic heterocycles. The Bertz CT molecular complexity index is 631. The van der Waals surface area contributed by atoms with Crippen molar-refractivity contribution in [3.05, 3.63) is 38.8 Å². The quantitative estimate of drug-likeness (QED) is 0.833. The fourth-order valence-corrected chi connectivity index (χ4v) is 3.54. The molecular formula is C16H21ClN2O2S. The number of ether oxygens (including phenoxy) is 2. The van der Waals surface area contributed by atoms with Gasteiger partial charge in [0.1, 0.15) is 0 Å². The van der Waals surface area contributed by atoms with Crippen LogP contribution in [0, 0.1) is 6.92 Å². The van der Waals surface area contributed by atoms with Crippen LogP contribution in [0.15, 0.2) is 17.5 Å². The summed E-state index contributed by atoms with van der Waals surface area (Å²) in [5, 5.41) is 3.66. The van der Waals surface area contributed by atoms with E-state index in [1.165, 1.54) is 0 Å². The molecule has 2 N–H and O–H groups in total. The van der Waals surface area contributed by atoms with Crippen molar-refractivity contribution >= 4 is 22.9 Å². The highest BCUT2D eigenvalue weighted by atomic mass is 35.5. The second kappa shape index (κ2) is 7.81. The lowest BCUT2D eigenvalue weighted by atomic mass is 9.99. The Hall–Kier alpha value is -1.30. The zero-order valence-electron chi connectivity index (χ0n) is 13.1. The molecule has 2 aromatic rings. The van der Waals surface area contributed by atoms with E-state index in [1.54, 1.807) is 18.4 Å². The molecule has 0 radical (unpaired) electrons. The molecule has 0 aliphatic rings. The van der Waals surface area contributed by atoms with Gasteiger partial charge in [-0.1, -0.05) is 11.6 Å². The van der Waals surface area contributed by atoms with Gasteiger partial charge in [-0.15, -0.1) is 11.3 Å². The van der Waals surface area contributed by atoms with Gasteiger partial charge in [0.15, 0.2) is 11.5 Å². The van der Waals surface area contributed by atoms with E-state index in [9.17, 15) is 0 Å². The maximum atomic E-state index is 6.30. The molecular weight excluding hydrogens is 320 g/mol. The van der Waals surface area contributed by atoms with Gasteiger partial charge >= 0.3 is 0 Å². The third kappa shape index (κ3) is 3.91. The minimum absolute atomic E-state index is 0.178. The maximum absolute atomic E-state index is 6.30.